The molecule has 0 saturated heterocycles. The Kier molecular flexibility index (Phi) is 8.83. The van der Waals surface area contributed by atoms with Crippen LogP contribution in [0.1, 0.15) is 57.5 Å². The van der Waals surface area contributed by atoms with E-state index >= 15 is 0 Å². The van der Waals surface area contributed by atoms with Crippen molar-refractivity contribution in [1.29, 1.82) is 0 Å². The normalized spacial score (nSPS) is 12.0. The van der Waals surface area contributed by atoms with Crippen LogP contribution in [0.25, 0.3) is 39.4 Å². The highest BCUT2D eigenvalue weighted by molar-refractivity contribution is 6.82. The highest BCUT2D eigenvalue weighted by Gasteiger charge is 2.45. The molecule has 1 amide bonds. The van der Waals surface area contributed by atoms with Crippen LogP contribution in [0.4, 0.5) is 5.82 Å². The van der Waals surface area contributed by atoms with E-state index in [-0.39, 0.29) is 5.91 Å². The maximum absolute atomic E-state index is 12.6. The van der Waals surface area contributed by atoms with Crippen molar-refractivity contribution < 1.29 is 4.79 Å². The average Bonchev–Trinajstić information content (AvgIpc) is 3.70. The Morgan fingerprint density at radius 2 is 1.55 bits per heavy atom. The van der Waals surface area contributed by atoms with Gasteiger partial charge in [0.25, 0.3) is 5.91 Å². The lowest BCUT2D eigenvalue weighted by molar-refractivity contribution is 0.0951. The van der Waals surface area contributed by atoms with E-state index in [1.165, 1.54) is 0 Å². The van der Waals surface area contributed by atoms with Crippen molar-refractivity contribution in [3.63, 3.8) is 0 Å². The van der Waals surface area contributed by atoms with Gasteiger partial charge in [-0.05, 0) is 76.9 Å². The number of carbonyl (C=O) groups is 1. The van der Waals surface area contributed by atoms with Gasteiger partial charge >= 0.3 is 0 Å². The second kappa shape index (κ2) is 13.0. The molecule has 9 heteroatoms. The quantitative estimate of drug-likeness (QED) is 0.146. The second-order valence-electron chi connectivity index (χ2n) is 13.1. The van der Waals surface area contributed by atoms with Gasteiger partial charge in [-0.2, -0.15) is 0 Å². The first-order valence-corrected chi connectivity index (χ1v) is 18.5. The maximum Gasteiger partial charge on any atom is 0.251 e. The number of imidazole rings is 1. The minimum absolute atomic E-state index is 0.106. The van der Waals surface area contributed by atoms with Crippen LogP contribution in [0.3, 0.4) is 0 Å². The largest absolute Gasteiger partial charge is 0.383 e. The van der Waals surface area contributed by atoms with E-state index in [2.05, 4.69) is 80.6 Å². The van der Waals surface area contributed by atoms with Crippen LogP contribution in [0.2, 0.25) is 16.6 Å². The maximum atomic E-state index is 12.6. The van der Waals surface area contributed by atoms with Crippen LogP contribution >= 0.6 is 0 Å². The number of amides is 1. The van der Waals surface area contributed by atoms with Gasteiger partial charge < -0.3 is 15.3 Å². The van der Waals surface area contributed by atoms with E-state index in [4.69, 9.17) is 15.7 Å². The summed E-state index contributed by atoms with van der Waals surface area (Å²) in [6.07, 6.45) is 8.21. The van der Waals surface area contributed by atoms with E-state index in [0.717, 1.165) is 39.1 Å². The minimum Gasteiger partial charge on any atom is -0.383 e. The number of nitrogens with two attached hydrogens (primary N) is 1. The van der Waals surface area contributed by atoms with Crippen molar-refractivity contribution in [2.45, 2.75) is 64.7 Å². The van der Waals surface area contributed by atoms with Crippen LogP contribution in [0.5, 0.6) is 0 Å². The lowest BCUT2D eigenvalue weighted by Gasteiger charge is -2.44. The van der Waals surface area contributed by atoms with Crippen molar-refractivity contribution in [1.82, 2.24) is 29.1 Å². The number of fused-ring (bicyclic) bond motifs is 1. The third-order valence-electron chi connectivity index (χ3n) is 9.51. The molecule has 6 rings (SSSR count). The molecule has 0 aliphatic rings. The topological polar surface area (TPSA) is 104 Å². The summed E-state index contributed by atoms with van der Waals surface area (Å²) in [5.74, 6) is 0.966. The Balaban J connectivity index is 1.37. The Morgan fingerprint density at radius 1 is 0.851 bits per heavy atom. The van der Waals surface area contributed by atoms with Crippen LogP contribution in [0, 0.1) is 0 Å². The fourth-order valence-corrected chi connectivity index (χ4v) is 14.0. The molecule has 4 aromatic heterocycles. The molecule has 0 atom stereocenters. The molecule has 47 heavy (non-hydrogen) atoms. The zero-order valence-electron chi connectivity index (χ0n) is 28.0. The molecule has 8 nitrogen and oxygen atoms in total. The predicted molar refractivity (Wildman–Crippen MR) is 194 cm³/mol. The molecule has 3 N–H and O–H groups in total. The molecule has 4 heterocycles. The van der Waals surface area contributed by atoms with Crippen molar-refractivity contribution in [2.24, 2.45) is 0 Å². The molecular weight excluding hydrogens is 599 g/mol. The number of nitrogen functional groups attached to an aromatic ring is 1. The Morgan fingerprint density at radius 3 is 2.21 bits per heavy atom. The first-order chi connectivity index (χ1) is 22.6. The number of benzene rings is 2. The van der Waals surface area contributed by atoms with Crippen LogP contribution in [-0.2, 0) is 6.54 Å². The lowest BCUT2D eigenvalue weighted by atomic mass is 10.1. The molecule has 2 aromatic carbocycles. The highest BCUT2D eigenvalue weighted by atomic mass is 28.3. The zero-order chi connectivity index (χ0) is 33.3. The van der Waals surface area contributed by atoms with Gasteiger partial charge in [0.15, 0.2) is 19.7 Å². The molecular formula is C38H43N7OSi. The summed E-state index contributed by atoms with van der Waals surface area (Å²) >= 11 is 0. The van der Waals surface area contributed by atoms with Crippen molar-refractivity contribution in [3.8, 4) is 28.2 Å². The van der Waals surface area contributed by atoms with Crippen LogP contribution in [-0.4, -0.2) is 37.9 Å². The number of pyridine rings is 2. The van der Waals surface area contributed by atoms with Gasteiger partial charge in [0.2, 0.25) is 0 Å². The number of hydrogen-bond acceptors (Lipinski definition) is 5. The van der Waals surface area contributed by atoms with E-state index in [1.54, 1.807) is 18.3 Å². The lowest BCUT2D eigenvalue weighted by Crippen LogP contribution is -2.51. The third kappa shape index (κ3) is 5.87. The molecule has 0 unspecified atom stereocenters. The molecule has 0 radical (unpaired) electrons. The first-order valence-electron chi connectivity index (χ1n) is 16.3. The number of rotatable bonds is 10. The highest BCUT2D eigenvalue weighted by Crippen LogP contribution is 2.43. The van der Waals surface area contributed by atoms with Gasteiger partial charge in [-0.3, -0.25) is 9.36 Å². The van der Waals surface area contributed by atoms with Crippen molar-refractivity contribution in [2.75, 3.05) is 5.73 Å². The summed E-state index contributed by atoms with van der Waals surface area (Å²) in [4.78, 5) is 27.0. The molecule has 0 aliphatic heterocycles. The summed E-state index contributed by atoms with van der Waals surface area (Å²) in [6.45, 7) is 14.7. The standard InChI is InChI=1S/C38H43N7OSi/c1-25(2)47(26(3)4,27(5)6)44-20-18-30(24-44)31-21-34-37(41-23-31)45(36(43-34)33-13-10-19-40-35(33)39)32-16-14-28(15-17-32)22-42-38(46)29-11-8-7-9-12-29/h7-21,23-27H,22H2,1-6H3,(H2,39,40)(H,42,46). The Hall–Kier alpha value is -5.02. The monoisotopic (exact) mass is 641 g/mol. The summed E-state index contributed by atoms with van der Waals surface area (Å²) in [7, 11) is -1.87. The molecule has 0 aliphatic carbocycles. The number of nitrogens with one attached hydrogen (secondary N) is 1. The smallest absolute Gasteiger partial charge is 0.251 e. The van der Waals surface area contributed by atoms with Gasteiger partial charge in [0.1, 0.15) is 11.3 Å². The Bertz CT molecular complexity index is 1990. The number of anilines is 1. The van der Waals surface area contributed by atoms with Gasteiger partial charge in [0.05, 0.1) is 5.56 Å². The number of hydrogen-bond donors (Lipinski definition) is 2. The second-order valence-corrected chi connectivity index (χ2v) is 18.9. The van der Waals surface area contributed by atoms with Gasteiger partial charge in [-0.25, -0.2) is 15.0 Å². The predicted octanol–water partition coefficient (Wildman–Crippen LogP) is 8.49. The average molecular weight is 642 g/mol. The van der Waals surface area contributed by atoms with E-state index in [0.29, 0.717) is 40.4 Å². The minimum atomic E-state index is -1.87. The number of nitrogens with zero attached hydrogens (tertiary/aromatic N) is 5. The van der Waals surface area contributed by atoms with Gasteiger partial charge in [-0.15, -0.1) is 0 Å². The molecule has 0 saturated carbocycles. The molecule has 0 bridgehead atoms. The zero-order valence-corrected chi connectivity index (χ0v) is 29.0. The first kappa shape index (κ1) is 31.9. The van der Waals surface area contributed by atoms with Crippen LogP contribution < -0.4 is 11.1 Å². The summed E-state index contributed by atoms with van der Waals surface area (Å²) in [5, 5.41) is 3.00. The molecule has 6 aromatic rings. The fourth-order valence-electron chi connectivity index (χ4n) is 7.49. The van der Waals surface area contributed by atoms with Crippen molar-refractivity contribution in [3.05, 3.63) is 115 Å². The summed E-state index contributed by atoms with van der Waals surface area (Å²) in [5.41, 5.74) is 15.1. The van der Waals surface area contributed by atoms with Gasteiger partial charge in [-0.1, -0.05) is 71.9 Å². The van der Waals surface area contributed by atoms with Crippen molar-refractivity contribution >= 4 is 31.1 Å². The summed E-state index contributed by atoms with van der Waals surface area (Å²) in [6, 6.07) is 25.4. The Labute approximate surface area is 277 Å². The summed E-state index contributed by atoms with van der Waals surface area (Å²) < 4.78 is 4.58. The van der Waals surface area contributed by atoms with Crippen LogP contribution in [0.15, 0.2) is 104 Å². The molecule has 240 valence electrons. The van der Waals surface area contributed by atoms with Gasteiger partial charge in [0, 0.05) is 47.5 Å². The van der Waals surface area contributed by atoms with E-state index in [1.807, 2.05) is 65.4 Å². The fraction of sp³-hybridized carbons (Fsp3) is 0.263. The van der Waals surface area contributed by atoms with E-state index < -0.39 is 8.24 Å². The van der Waals surface area contributed by atoms with E-state index in [9.17, 15) is 4.79 Å². The molecule has 0 spiro atoms. The molecule has 0 fully saturated rings. The third-order valence-corrected chi connectivity index (χ3v) is 16.2. The number of carbonyl (C=O) groups excluding carboxylic acids is 1. The SMILES string of the molecule is CC(C)[Si](C(C)C)(C(C)C)n1ccc(-c2cnc3c(c2)nc(-c2cccnc2N)n3-c2ccc(CNC(=O)c3ccccc3)cc2)c1. The number of aromatic nitrogens is 5.